The van der Waals surface area contributed by atoms with E-state index in [1.54, 1.807) is 20.8 Å². The molecule has 0 amide bonds. The first-order valence-corrected chi connectivity index (χ1v) is 4.12. The second-order valence-corrected chi connectivity index (χ2v) is 3.92. The Morgan fingerprint density at radius 3 is 1.93 bits per heavy atom. The van der Waals surface area contributed by atoms with E-state index in [9.17, 15) is 9.59 Å². The van der Waals surface area contributed by atoms with Gasteiger partial charge in [0.25, 0.3) is 0 Å². The number of carboxylic acid groups (broad SMARTS) is 1. The van der Waals surface area contributed by atoms with Crippen molar-refractivity contribution in [2.45, 2.75) is 38.5 Å². The highest BCUT2D eigenvalue weighted by atomic mass is 16.6. The van der Waals surface area contributed by atoms with Gasteiger partial charge in [-0.2, -0.15) is 0 Å². The van der Waals surface area contributed by atoms with Crippen molar-refractivity contribution in [2.24, 2.45) is 11.5 Å². The van der Waals surface area contributed by atoms with Crippen LogP contribution in [0.5, 0.6) is 0 Å². The number of hydrogen-bond donors (Lipinski definition) is 3. The molecule has 0 aromatic heterocycles. The molecule has 2 atom stereocenters. The van der Waals surface area contributed by atoms with Gasteiger partial charge in [-0.1, -0.05) is 0 Å². The average molecular weight is 204 g/mol. The van der Waals surface area contributed by atoms with Crippen LogP contribution in [0.15, 0.2) is 0 Å². The predicted molar refractivity (Wildman–Crippen MR) is 49.4 cm³/mol. The molecule has 6 heteroatoms. The van der Waals surface area contributed by atoms with E-state index < -0.39 is 29.6 Å². The van der Waals surface area contributed by atoms with Gasteiger partial charge >= 0.3 is 11.9 Å². The number of ether oxygens (including phenoxy) is 1. The van der Waals surface area contributed by atoms with Crippen LogP contribution >= 0.6 is 0 Å². The maximum Gasteiger partial charge on any atom is 0.325 e. The van der Waals surface area contributed by atoms with Crippen molar-refractivity contribution < 1.29 is 19.4 Å². The van der Waals surface area contributed by atoms with Crippen LogP contribution in [0.3, 0.4) is 0 Å². The first kappa shape index (κ1) is 12.9. The Morgan fingerprint density at radius 1 is 1.21 bits per heavy atom. The molecule has 0 rings (SSSR count). The van der Waals surface area contributed by atoms with Crippen molar-refractivity contribution >= 4 is 11.9 Å². The summed E-state index contributed by atoms with van der Waals surface area (Å²) in [6.07, 6.45) is 0. The fourth-order valence-corrected chi connectivity index (χ4v) is 0.670. The molecule has 0 fully saturated rings. The van der Waals surface area contributed by atoms with Crippen molar-refractivity contribution in [3.8, 4) is 0 Å². The normalized spacial score (nSPS) is 15.8. The molecule has 82 valence electrons. The number of carbonyl (C=O) groups is 2. The third-order valence-electron chi connectivity index (χ3n) is 1.35. The summed E-state index contributed by atoms with van der Waals surface area (Å²) in [6, 6.07) is -2.78. The number of esters is 1. The van der Waals surface area contributed by atoms with Gasteiger partial charge < -0.3 is 21.3 Å². The smallest absolute Gasteiger partial charge is 0.325 e. The number of carboxylic acids is 1. The zero-order valence-corrected chi connectivity index (χ0v) is 8.48. The summed E-state index contributed by atoms with van der Waals surface area (Å²) in [5.41, 5.74) is 9.74. The maximum absolute atomic E-state index is 11.2. The number of rotatable bonds is 3. The van der Waals surface area contributed by atoms with Gasteiger partial charge in [-0.15, -0.1) is 0 Å². The third-order valence-corrected chi connectivity index (χ3v) is 1.35. The van der Waals surface area contributed by atoms with Gasteiger partial charge in [0, 0.05) is 0 Å². The average Bonchev–Trinajstić information content (AvgIpc) is 1.98. The van der Waals surface area contributed by atoms with Gasteiger partial charge in [0.2, 0.25) is 0 Å². The lowest BCUT2D eigenvalue weighted by atomic mass is 10.1. The van der Waals surface area contributed by atoms with E-state index in [0.29, 0.717) is 0 Å². The van der Waals surface area contributed by atoms with Crippen molar-refractivity contribution in [2.75, 3.05) is 0 Å². The van der Waals surface area contributed by atoms with Gasteiger partial charge in [0.15, 0.2) is 0 Å². The molecule has 6 nitrogen and oxygen atoms in total. The van der Waals surface area contributed by atoms with E-state index in [4.69, 9.17) is 21.3 Å². The lowest BCUT2D eigenvalue weighted by Crippen LogP contribution is -2.53. The van der Waals surface area contributed by atoms with Gasteiger partial charge in [0.05, 0.1) is 0 Å². The van der Waals surface area contributed by atoms with Crippen molar-refractivity contribution in [3.63, 3.8) is 0 Å². The largest absolute Gasteiger partial charge is 0.480 e. The number of hydrogen-bond acceptors (Lipinski definition) is 5. The zero-order chi connectivity index (χ0) is 11.5. The van der Waals surface area contributed by atoms with E-state index in [1.807, 2.05) is 0 Å². The predicted octanol–water partition coefficient (Wildman–Crippen LogP) is -0.933. The second kappa shape index (κ2) is 4.39. The molecular formula is C8H16N2O4. The Labute approximate surface area is 82.2 Å². The van der Waals surface area contributed by atoms with E-state index in [2.05, 4.69) is 0 Å². The van der Waals surface area contributed by atoms with Crippen LogP contribution < -0.4 is 11.5 Å². The molecule has 0 spiro atoms. The number of aliphatic carboxylic acids is 1. The van der Waals surface area contributed by atoms with Gasteiger partial charge in [-0.25, -0.2) is 0 Å². The molecule has 0 bridgehead atoms. The summed E-state index contributed by atoms with van der Waals surface area (Å²) >= 11 is 0. The molecule has 0 radical (unpaired) electrons. The standard InChI is InChI=1S/C8H16N2O4/c1-8(2,3)14-7(13)5(10)4(9)6(11)12/h4-5H,9-10H2,1-3H3,(H,11,12)/t4?,5-/m0/s1. The van der Waals surface area contributed by atoms with Crippen LogP contribution in [0.4, 0.5) is 0 Å². The molecule has 0 saturated carbocycles. The van der Waals surface area contributed by atoms with Crippen LogP contribution in [-0.2, 0) is 14.3 Å². The summed E-state index contributed by atoms with van der Waals surface area (Å²) in [6.45, 7) is 4.97. The molecule has 1 unspecified atom stereocenters. The summed E-state index contributed by atoms with van der Waals surface area (Å²) in [5.74, 6) is -2.14. The summed E-state index contributed by atoms with van der Waals surface area (Å²) in [5, 5.41) is 8.49. The number of nitrogens with two attached hydrogens (primary N) is 2. The maximum atomic E-state index is 11.2. The van der Waals surface area contributed by atoms with Crippen LogP contribution in [-0.4, -0.2) is 34.7 Å². The molecular weight excluding hydrogens is 188 g/mol. The first-order valence-electron chi connectivity index (χ1n) is 4.12. The minimum Gasteiger partial charge on any atom is -0.480 e. The lowest BCUT2D eigenvalue weighted by molar-refractivity contribution is -0.159. The number of carbonyl (C=O) groups excluding carboxylic acids is 1. The second-order valence-electron chi connectivity index (χ2n) is 3.92. The van der Waals surface area contributed by atoms with E-state index in [-0.39, 0.29) is 0 Å². The lowest BCUT2D eigenvalue weighted by Gasteiger charge is -2.23. The molecule has 5 N–H and O–H groups in total. The monoisotopic (exact) mass is 204 g/mol. The summed E-state index contributed by atoms with van der Waals surface area (Å²) in [4.78, 5) is 21.6. The van der Waals surface area contributed by atoms with Crippen molar-refractivity contribution in [1.29, 1.82) is 0 Å². The molecule has 0 aliphatic heterocycles. The minimum absolute atomic E-state index is 0.701. The summed E-state index contributed by atoms with van der Waals surface area (Å²) < 4.78 is 4.86. The van der Waals surface area contributed by atoms with Gasteiger partial charge in [-0.3, -0.25) is 9.59 Å². The topological polar surface area (TPSA) is 116 Å². The Morgan fingerprint density at radius 2 is 1.64 bits per heavy atom. The van der Waals surface area contributed by atoms with Crippen LogP contribution in [0.25, 0.3) is 0 Å². The molecule has 0 aromatic rings. The Balaban J connectivity index is 4.33. The molecule has 0 aliphatic carbocycles. The highest BCUT2D eigenvalue weighted by Crippen LogP contribution is 2.08. The molecule has 0 aromatic carbocycles. The molecule has 0 aliphatic rings. The van der Waals surface area contributed by atoms with Gasteiger partial charge in [-0.05, 0) is 20.8 Å². The molecule has 14 heavy (non-hydrogen) atoms. The SMILES string of the molecule is CC(C)(C)OC(=O)[C@@H](N)C(N)C(=O)O. The van der Waals surface area contributed by atoms with Crippen molar-refractivity contribution in [1.82, 2.24) is 0 Å². The van der Waals surface area contributed by atoms with Crippen molar-refractivity contribution in [3.05, 3.63) is 0 Å². The van der Waals surface area contributed by atoms with Crippen LogP contribution in [0.1, 0.15) is 20.8 Å². The highest BCUT2D eigenvalue weighted by molar-refractivity contribution is 5.86. The van der Waals surface area contributed by atoms with E-state index in [0.717, 1.165) is 0 Å². The Bertz CT molecular complexity index is 234. The minimum atomic E-state index is -1.44. The van der Waals surface area contributed by atoms with Gasteiger partial charge in [0.1, 0.15) is 17.7 Å². The molecule has 0 saturated heterocycles. The molecule has 0 heterocycles. The highest BCUT2D eigenvalue weighted by Gasteiger charge is 2.30. The Hall–Kier alpha value is -1.14. The fourth-order valence-electron chi connectivity index (χ4n) is 0.670. The zero-order valence-electron chi connectivity index (χ0n) is 8.48. The summed E-state index contributed by atoms with van der Waals surface area (Å²) in [7, 11) is 0. The first-order chi connectivity index (χ1) is 6.15. The van der Waals surface area contributed by atoms with E-state index in [1.165, 1.54) is 0 Å². The fraction of sp³-hybridized carbons (Fsp3) is 0.750. The Kier molecular flexibility index (Phi) is 4.03. The quantitative estimate of drug-likeness (QED) is 0.511. The van der Waals surface area contributed by atoms with E-state index >= 15 is 0 Å². The van der Waals surface area contributed by atoms with Crippen LogP contribution in [0, 0.1) is 0 Å². The van der Waals surface area contributed by atoms with Crippen LogP contribution in [0.2, 0.25) is 0 Å². The third kappa shape index (κ3) is 4.20.